The third-order valence-electron chi connectivity index (χ3n) is 5.85. The number of primary amides is 1. The van der Waals surface area contributed by atoms with Gasteiger partial charge in [-0.15, -0.1) is 0 Å². The number of nitrogens with one attached hydrogen (secondary N) is 1. The van der Waals surface area contributed by atoms with Crippen LogP contribution in [0.25, 0.3) is 11.3 Å². The molecule has 3 heterocycles. The molecule has 2 aromatic carbocycles. The zero-order valence-corrected chi connectivity index (χ0v) is 20.2. The number of halogens is 2. The Balaban J connectivity index is 1.53. The van der Waals surface area contributed by atoms with Gasteiger partial charge in [0.05, 0.1) is 12.1 Å². The van der Waals surface area contributed by atoms with Gasteiger partial charge in [-0.1, -0.05) is 12.1 Å². The second-order valence-electron chi connectivity index (χ2n) is 8.54. The van der Waals surface area contributed by atoms with Gasteiger partial charge >= 0.3 is 5.69 Å². The Hall–Kier alpha value is -5.06. The number of hydrogen-bond donors (Lipinski definition) is 2. The molecule has 9 nitrogen and oxygen atoms in total. The highest BCUT2D eigenvalue weighted by atomic mass is 19.1. The third kappa shape index (κ3) is 4.94. The maximum atomic E-state index is 14.2. The summed E-state index contributed by atoms with van der Waals surface area (Å²) in [5.74, 6) is -1.32. The van der Waals surface area contributed by atoms with E-state index in [4.69, 9.17) is 10.5 Å². The lowest BCUT2D eigenvalue weighted by atomic mass is 10.1. The molecular formula is C27H22F2N6O3. The number of aromatic nitrogens is 4. The number of ether oxygens (including phenoxy) is 1. The molecule has 0 saturated carbocycles. The van der Waals surface area contributed by atoms with Gasteiger partial charge in [0.1, 0.15) is 35.3 Å². The van der Waals surface area contributed by atoms with Gasteiger partial charge in [0.15, 0.2) is 0 Å². The summed E-state index contributed by atoms with van der Waals surface area (Å²) < 4.78 is 36.8. The van der Waals surface area contributed by atoms with Crippen LogP contribution in [0, 0.1) is 18.6 Å². The number of amides is 1. The van der Waals surface area contributed by atoms with E-state index in [1.54, 1.807) is 34.9 Å². The van der Waals surface area contributed by atoms with Crippen LogP contribution >= 0.6 is 0 Å². The Morgan fingerprint density at radius 2 is 1.95 bits per heavy atom. The van der Waals surface area contributed by atoms with E-state index < -0.39 is 23.2 Å². The van der Waals surface area contributed by atoms with Crippen molar-refractivity contribution in [2.24, 2.45) is 5.73 Å². The van der Waals surface area contributed by atoms with Crippen molar-refractivity contribution in [2.75, 3.05) is 5.32 Å². The maximum absolute atomic E-state index is 14.2. The number of pyridine rings is 1. The molecule has 0 atom stereocenters. The van der Waals surface area contributed by atoms with Crippen LogP contribution in [0.1, 0.15) is 16.8 Å². The number of nitrogens with two attached hydrogens (primary N) is 1. The number of nitrogens with zero attached hydrogens (tertiary/aromatic N) is 4. The van der Waals surface area contributed by atoms with E-state index in [9.17, 15) is 18.4 Å². The topological polar surface area (TPSA) is 117 Å². The van der Waals surface area contributed by atoms with Gasteiger partial charge in [-0.05, 0) is 60.5 Å². The van der Waals surface area contributed by atoms with Gasteiger partial charge in [-0.3, -0.25) is 14.2 Å². The summed E-state index contributed by atoms with van der Waals surface area (Å²) in [6.45, 7) is 1.58. The number of fused-ring (bicyclic) bond motifs is 1. The predicted octanol–water partition coefficient (Wildman–Crippen LogP) is 3.82. The van der Waals surface area contributed by atoms with Gasteiger partial charge in [0.25, 0.3) is 0 Å². The number of benzene rings is 2. The van der Waals surface area contributed by atoms with Crippen LogP contribution in [0.4, 0.5) is 20.4 Å². The lowest BCUT2D eigenvalue weighted by molar-refractivity contribution is -0.117. The first-order chi connectivity index (χ1) is 18.3. The first-order valence-corrected chi connectivity index (χ1v) is 11.6. The lowest BCUT2D eigenvalue weighted by Gasteiger charge is -2.17. The Bertz CT molecular complexity index is 1730. The highest BCUT2D eigenvalue weighted by Crippen LogP contribution is 2.27. The van der Waals surface area contributed by atoms with E-state index in [1.165, 1.54) is 35.0 Å². The number of carbonyl (C=O) groups is 1. The summed E-state index contributed by atoms with van der Waals surface area (Å²) in [6, 6.07) is 15.2. The van der Waals surface area contributed by atoms with Crippen LogP contribution in [0.3, 0.4) is 0 Å². The number of hydrogen-bond acceptors (Lipinski definition) is 6. The molecule has 5 rings (SSSR count). The van der Waals surface area contributed by atoms with E-state index in [2.05, 4.69) is 15.3 Å². The van der Waals surface area contributed by atoms with Gasteiger partial charge in [-0.25, -0.2) is 18.1 Å². The third-order valence-corrected chi connectivity index (χ3v) is 5.85. The van der Waals surface area contributed by atoms with Crippen LogP contribution in [0.5, 0.6) is 5.75 Å². The summed E-state index contributed by atoms with van der Waals surface area (Å²) in [4.78, 5) is 32.7. The summed E-state index contributed by atoms with van der Waals surface area (Å²) in [6.07, 6.45) is 3.25. The Morgan fingerprint density at radius 3 is 2.71 bits per heavy atom. The molecule has 1 amide bonds. The van der Waals surface area contributed by atoms with E-state index in [-0.39, 0.29) is 36.1 Å². The van der Waals surface area contributed by atoms with Crippen molar-refractivity contribution in [1.29, 1.82) is 0 Å². The van der Waals surface area contributed by atoms with Crippen molar-refractivity contribution in [3.05, 3.63) is 112 Å². The molecule has 0 fully saturated rings. The minimum atomic E-state index is -0.651. The second-order valence-corrected chi connectivity index (χ2v) is 8.54. The summed E-state index contributed by atoms with van der Waals surface area (Å²) >= 11 is 0. The zero-order chi connectivity index (χ0) is 26.8. The SMILES string of the molecule is Cc1cc(CC(N)=O)ccc1Nc1nc(=O)n(-c2ccc(F)cc2OCc2ncccc2F)c2cccn12. The Morgan fingerprint density at radius 1 is 1.11 bits per heavy atom. The van der Waals surface area contributed by atoms with Crippen molar-refractivity contribution in [3.63, 3.8) is 0 Å². The first kappa shape index (κ1) is 24.6. The normalized spacial score (nSPS) is 11.0. The molecule has 0 aliphatic rings. The summed E-state index contributed by atoms with van der Waals surface area (Å²) in [5.41, 5.74) is 7.60. The molecule has 0 aliphatic carbocycles. The van der Waals surface area contributed by atoms with Crippen molar-refractivity contribution in [2.45, 2.75) is 20.0 Å². The molecule has 0 bridgehead atoms. The van der Waals surface area contributed by atoms with E-state index in [0.29, 0.717) is 11.3 Å². The molecule has 3 aromatic heterocycles. The second kappa shape index (κ2) is 10.1. The molecule has 0 aliphatic heterocycles. The fourth-order valence-corrected chi connectivity index (χ4v) is 4.10. The van der Waals surface area contributed by atoms with Crippen molar-refractivity contribution in [3.8, 4) is 11.4 Å². The number of aryl methyl sites for hydroxylation is 1. The zero-order valence-electron chi connectivity index (χ0n) is 20.2. The van der Waals surface area contributed by atoms with Gasteiger partial charge in [0, 0.05) is 24.1 Å². The van der Waals surface area contributed by atoms with Crippen molar-refractivity contribution >= 4 is 23.2 Å². The minimum Gasteiger partial charge on any atom is -0.485 e. The van der Waals surface area contributed by atoms with Crippen LogP contribution in [-0.2, 0) is 17.8 Å². The van der Waals surface area contributed by atoms with Crippen LogP contribution in [0.15, 0.2) is 77.9 Å². The highest BCUT2D eigenvalue weighted by molar-refractivity contribution is 5.77. The van der Waals surface area contributed by atoms with Crippen LogP contribution < -0.4 is 21.5 Å². The average Bonchev–Trinajstić information content (AvgIpc) is 3.36. The number of anilines is 2. The summed E-state index contributed by atoms with van der Waals surface area (Å²) in [7, 11) is 0. The molecule has 192 valence electrons. The average molecular weight is 517 g/mol. The van der Waals surface area contributed by atoms with Crippen molar-refractivity contribution in [1.82, 2.24) is 18.9 Å². The fourth-order valence-electron chi connectivity index (χ4n) is 4.10. The first-order valence-electron chi connectivity index (χ1n) is 11.6. The Labute approximate surface area is 215 Å². The maximum Gasteiger partial charge on any atom is 0.357 e. The van der Waals surface area contributed by atoms with Gasteiger partial charge < -0.3 is 15.8 Å². The highest BCUT2D eigenvalue weighted by Gasteiger charge is 2.17. The van der Waals surface area contributed by atoms with Gasteiger partial charge in [-0.2, -0.15) is 4.98 Å². The lowest BCUT2D eigenvalue weighted by Crippen LogP contribution is -2.25. The number of rotatable bonds is 8. The van der Waals surface area contributed by atoms with Gasteiger partial charge in [0.2, 0.25) is 11.9 Å². The van der Waals surface area contributed by atoms with Crippen LogP contribution in [-0.4, -0.2) is 24.8 Å². The molecule has 3 N–H and O–H groups in total. The molecule has 5 aromatic rings. The molecule has 0 saturated heterocycles. The Kier molecular flexibility index (Phi) is 6.56. The smallest absolute Gasteiger partial charge is 0.357 e. The summed E-state index contributed by atoms with van der Waals surface area (Å²) in [5, 5.41) is 3.16. The fraction of sp³-hybridized carbons (Fsp3) is 0.111. The predicted molar refractivity (Wildman–Crippen MR) is 137 cm³/mol. The van der Waals surface area contributed by atoms with Crippen LogP contribution in [0.2, 0.25) is 0 Å². The van der Waals surface area contributed by atoms with E-state index in [1.807, 2.05) is 13.0 Å². The minimum absolute atomic E-state index is 0.0173. The molecule has 38 heavy (non-hydrogen) atoms. The quantitative estimate of drug-likeness (QED) is 0.324. The molecular weight excluding hydrogens is 494 g/mol. The standard InChI is InChI=1S/C27H22F2N6O3/c1-16-12-17(13-24(30)36)6-8-20(16)32-26-33-27(37)35(25-5-3-11-34(25)26)22-9-7-18(28)14-23(22)38-15-21-19(29)4-2-10-31-21/h2-12,14H,13,15H2,1H3,(H2,30,36)(H,32,33,37). The molecule has 11 heteroatoms. The number of carbonyl (C=O) groups excluding carboxylic acids is 1. The molecule has 0 radical (unpaired) electrons. The monoisotopic (exact) mass is 516 g/mol. The largest absolute Gasteiger partial charge is 0.485 e. The molecule has 0 unspecified atom stereocenters. The molecule has 0 spiro atoms. The van der Waals surface area contributed by atoms with E-state index in [0.717, 1.165) is 17.2 Å². The van der Waals surface area contributed by atoms with Crippen molar-refractivity contribution < 1.29 is 18.3 Å². The van der Waals surface area contributed by atoms with E-state index >= 15 is 0 Å².